The average molecular weight is 778 g/mol. The number of rotatable bonds is 35. The molecule has 0 heterocycles. The Morgan fingerprint density at radius 2 is 0.292 bits per heavy atom. The summed E-state index contributed by atoms with van der Waals surface area (Å²) in [5, 5.41) is 0. The van der Waals surface area contributed by atoms with Crippen molar-refractivity contribution in [3.63, 3.8) is 0 Å². The molecule has 0 spiro atoms. The van der Waals surface area contributed by atoms with Crippen molar-refractivity contribution in [2.45, 2.75) is 0 Å². The largest absolute Gasteiger partial charge is 0.690 e. The van der Waals surface area contributed by atoms with Crippen molar-refractivity contribution in [1.82, 2.24) is 0 Å². The molecule has 0 aromatic rings. The molecule has 72 heteroatoms. The first kappa shape index (κ1) is 76.7. The van der Waals surface area contributed by atoms with E-state index in [2.05, 4.69) is 0 Å². The monoisotopic (exact) mass is 793 g/mol. The molecule has 0 nitrogen and oxygen atoms in total. The molecule has 0 unspecified atom stereocenters. The van der Waals surface area contributed by atoms with Crippen LogP contribution in [0.4, 0.5) is 0 Å². The van der Waals surface area contributed by atoms with Crippen LogP contribution < -0.4 is 0 Å². The zero-order valence-corrected chi connectivity index (χ0v) is 41.6. The van der Waals surface area contributed by atoms with E-state index >= 15 is 0 Å². The molecule has 0 aliphatic rings. The van der Waals surface area contributed by atoms with Gasteiger partial charge in [0, 0.05) is 175 Å². The van der Waals surface area contributed by atoms with E-state index < -0.39 is 217 Å². The maximum atomic E-state index is 6.99. The van der Waals surface area contributed by atoms with Crippen LogP contribution in [0, 0.1) is 0 Å². The Morgan fingerprint density at radius 3 is 0.417 bits per heavy atom. The third-order valence-electron chi connectivity index (χ3n) is 14.9. The first-order chi connectivity index (χ1) is 32.8. The topological polar surface area (TPSA) is 0 Å². The summed E-state index contributed by atoms with van der Waals surface area (Å²) in [6.45, 7) is 0. The van der Waals surface area contributed by atoms with Gasteiger partial charge >= 0.3 is 0 Å². The van der Waals surface area contributed by atoms with Gasteiger partial charge in [0.2, 0.25) is 0 Å². The van der Waals surface area contributed by atoms with Crippen molar-refractivity contribution >= 4 is 510 Å². The van der Waals surface area contributed by atoms with Gasteiger partial charge in [0.1, 0.15) is 0 Å². The summed E-state index contributed by atoms with van der Waals surface area (Å²) in [5.74, 6) is 0. The van der Waals surface area contributed by atoms with E-state index in [-0.39, 0.29) is 0 Å². The Kier molecular flexibility index (Phi) is 38.1. The van der Waals surface area contributed by atoms with Crippen molar-refractivity contribution in [2.75, 3.05) is 0 Å². The minimum absolute atomic E-state index is 1.08. The molecule has 0 saturated carbocycles. The quantitative estimate of drug-likeness (QED) is 0.0562. The Hall–Kier alpha value is 4.68. The van der Waals surface area contributed by atoms with Gasteiger partial charge in [0.15, 0.2) is 0 Å². The third kappa shape index (κ3) is 21.1. The van der Waals surface area contributed by atoms with Crippen LogP contribution in [0.25, 0.3) is 0 Å². The molecule has 0 bridgehead atoms. The highest BCUT2D eigenvalue weighted by atomic mass is 13.4. The van der Waals surface area contributed by atoms with E-state index in [4.69, 9.17) is 279 Å². The lowest BCUT2D eigenvalue weighted by Gasteiger charge is -2.56. The summed E-state index contributed by atoms with van der Waals surface area (Å²) in [6.07, 6.45) is -49.5. The second-order valence-electron chi connectivity index (χ2n) is 20.0. The van der Waals surface area contributed by atoms with Crippen LogP contribution in [0.5, 0.6) is 0 Å². The van der Waals surface area contributed by atoms with Gasteiger partial charge in [0.05, 0.1) is 0 Å². The summed E-state index contributed by atoms with van der Waals surface area (Å²) < 4.78 is 0. The Morgan fingerprint density at radius 1 is 0.167 bits per heavy atom. The van der Waals surface area contributed by atoms with E-state index in [0.29, 0.717) is 0 Å². The van der Waals surface area contributed by atoms with E-state index in [1.54, 1.807) is 7.06 Å². The molecule has 0 atom stereocenters. The number of hydrogen-bond acceptors (Lipinski definition) is 0. The maximum absolute atomic E-state index is 6.99. The highest BCUT2D eigenvalue weighted by Gasteiger charge is 2.60. The van der Waals surface area contributed by atoms with E-state index in [1.807, 2.05) is 0 Å². The minimum atomic E-state index is -1.57. The van der Waals surface area contributed by atoms with E-state index in [9.17, 15) is 0 Å². The zero-order chi connectivity index (χ0) is 57.0. The summed E-state index contributed by atoms with van der Waals surface area (Å²) in [6, 6.07) is 0. The molecule has 75 radical (unpaired) electrons. The Bertz CT molecular complexity index is 1170. The highest BCUT2D eigenvalue weighted by Crippen LogP contribution is 2.22. The van der Waals surface area contributed by atoms with Crippen LogP contribution >= 0.6 is 0 Å². The lowest BCUT2D eigenvalue weighted by atomic mass is 8.25. The van der Waals surface area contributed by atoms with Gasteiger partial charge in [0.25, 0.3) is 0 Å². The third-order valence-corrected chi connectivity index (χ3v) is 14.9. The van der Waals surface area contributed by atoms with Crippen LogP contribution in [-0.2, 0) is 0 Å². The normalized spacial score (nSPS) is 9.74. The van der Waals surface area contributed by atoms with Crippen molar-refractivity contribution in [3.05, 3.63) is 0 Å². The molecular weight excluding hydrogens is 778 g/mol. The predicted molar refractivity (Wildman–Crippen MR) is 414 cm³/mol. The summed E-state index contributed by atoms with van der Waals surface area (Å²) in [5.41, 5.74) is 0. The van der Waals surface area contributed by atoms with E-state index in [1.165, 1.54) is 0 Å². The molecule has 0 N–H and O–H groups in total. The van der Waals surface area contributed by atoms with Crippen LogP contribution in [0.15, 0.2) is 0 Å². The van der Waals surface area contributed by atoms with E-state index in [0.717, 1.165) is 7.06 Å². The molecule has 0 aromatic heterocycles. The highest BCUT2D eigenvalue weighted by molar-refractivity contribution is 8.36. The first-order valence-corrected chi connectivity index (χ1v) is 23.7. The fourth-order valence-corrected chi connectivity index (χ4v) is 12.2. The lowest BCUT2D eigenvalue weighted by Crippen LogP contribution is -2.94. The summed E-state index contributed by atoms with van der Waals surface area (Å²) in [7, 11) is 243. The summed E-state index contributed by atoms with van der Waals surface area (Å²) >= 11 is 0. The predicted octanol–water partition coefficient (Wildman–Crippen LogP) is -27.4. The maximum Gasteiger partial charge on any atom is 0 e. The van der Waals surface area contributed by atoms with Crippen molar-refractivity contribution in [3.8, 4) is 0 Å². The molecule has 0 aromatic carbocycles. The van der Waals surface area contributed by atoms with Gasteiger partial charge in [-0.25, -0.2) is 0 Å². The second-order valence-corrected chi connectivity index (χ2v) is 20.0. The zero-order valence-electron chi connectivity index (χ0n) is 41.6. The van der Waals surface area contributed by atoms with Crippen LogP contribution in [0.1, 0.15) is 0 Å². The molecule has 0 aliphatic carbocycles. The molecule has 72 heavy (non-hydrogen) atoms. The molecule has 0 aliphatic heterocycles. The molecule has 0 rings (SSSR count). The fourth-order valence-electron chi connectivity index (χ4n) is 12.2. The standard InChI is InChI=1S/B72/c1-37-56(36)67(55(34)35)71(72(65(51(26)27)52(28)29)66(53(30)31)54(32)33)58(70(63(47(18)19)48(20)21)64(49(22)23)50(24)25)38-57(68(59(39(2)3)40(4)5)60(41(6)7)42(8)9)69(61(43(10)11)44(12)13)62(45(14)15)46(16)17/q-1. The van der Waals surface area contributed by atoms with Crippen LogP contribution in [0.3, 0.4) is 0 Å². The SMILES string of the molecule is [B]B([B])B(B([B])[B])B(B([B]B(B(B(B([B])[B])B([B])[B])B(B([B])[B])B([B])[B])B(B(B([B])[B])B([B])[B][B-])B(B(B([B])[B])B([B])[B])B(B([B])[B])B([B])[B])B(B(B([B])[B])B([B])[B])B(B([B])[B])B([B])[B])B(B([B])[B])B([B])[B]. The minimum Gasteiger partial charge on any atom is -0.690 e. The molecule has 0 saturated heterocycles. The molecule has 217 valence electrons. The van der Waals surface area contributed by atoms with Gasteiger partial charge in [-0.2, -0.15) is 0 Å². The van der Waals surface area contributed by atoms with Crippen molar-refractivity contribution in [2.24, 2.45) is 0 Å². The lowest BCUT2D eigenvalue weighted by molar-refractivity contribution is 3.19. The van der Waals surface area contributed by atoms with Gasteiger partial charge in [-0.15, -0.1) is 0 Å². The van der Waals surface area contributed by atoms with Gasteiger partial charge < -0.3 is 7.74 Å². The van der Waals surface area contributed by atoms with Crippen molar-refractivity contribution in [1.29, 1.82) is 0 Å². The van der Waals surface area contributed by atoms with Gasteiger partial charge in [-0.05, 0) is 320 Å². The molecular formula is B72-. The fraction of sp³-hybridized carbons (Fsp3) is 0. The second kappa shape index (κ2) is 35.7. The Balaban J connectivity index is 11.1. The van der Waals surface area contributed by atoms with Crippen molar-refractivity contribution < 1.29 is 0 Å². The first-order valence-electron chi connectivity index (χ1n) is 23.7. The van der Waals surface area contributed by atoms with Gasteiger partial charge in [-0.1, -0.05) is 0 Å². The average Bonchev–Trinajstić information content (AvgIpc) is 3.17. The molecule has 0 fully saturated rings. The molecule has 0 amide bonds. The number of hydrogen-bond donors (Lipinski definition) is 0. The summed E-state index contributed by atoms with van der Waals surface area (Å²) in [4.78, 5) is 0. The van der Waals surface area contributed by atoms with Crippen LogP contribution in [0.2, 0.25) is 0 Å². The Labute approximate surface area is 505 Å². The smallest absolute Gasteiger partial charge is 0 e. The van der Waals surface area contributed by atoms with Gasteiger partial charge in [-0.3, -0.25) is 7.06 Å². The van der Waals surface area contributed by atoms with Crippen LogP contribution in [-0.4, -0.2) is 510 Å².